The quantitative estimate of drug-likeness (QED) is 0.881. The van der Waals surface area contributed by atoms with E-state index in [0.717, 1.165) is 5.56 Å². The van der Waals surface area contributed by atoms with Crippen molar-refractivity contribution in [3.05, 3.63) is 33.8 Å². The minimum atomic E-state index is -0.122. The van der Waals surface area contributed by atoms with Gasteiger partial charge >= 0.3 is 0 Å². The van der Waals surface area contributed by atoms with Gasteiger partial charge in [0.2, 0.25) is 0 Å². The molecule has 0 spiro atoms. The number of hydrogen-bond donors (Lipinski definition) is 1. The summed E-state index contributed by atoms with van der Waals surface area (Å²) in [6, 6.07) is 5.12. The summed E-state index contributed by atoms with van der Waals surface area (Å²) >= 11 is 11.8. The van der Waals surface area contributed by atoms with Crippen LogP contribution in [0.25, 0.3) is 0 Å². The summed E-state index contributed by atoms with van der Waals surface area (Å²) in [5.41, 5.74) is 6.25. The summed E-state index contributed by atoms with van der Waals surface area (Å²) in [5, 5.41) is 6.30. The van der Waals surface area contributed by atoms with Crippen LogP contribution in [0.1, 0.15) is 12.0 Å². The first-order chi connectivity index (χ1) is 7.56. The van der Waals surface area contributed by atoms with Gasteiger partial charge in [0.15, 0.2) is 0 Å². The minimum absolute atomic E-state index is 0.122. The van der Waals surface area contributed by atoms with E-state index in [1.165, 1.54) is 5.01 Å². The van der Waals surface area contributed by atoms with Crippen LogP contribution in [0.15, 0.2) is 23.3 Å². The molecule has 84 valence electrons. The average molecular weight is 258 g/mol. The van der Waals surface area contributed by atoms with Gasteiger partial charge in [-0.3, -0.25) is 4.79 Å². The van der Waals surface area contributed by atoms with Crippen molar-refractivity contribution in [2.24, 2.45) is 10.8 Å². The van der Waals surface area contributed by atoms with Crippen LogP contribution in [0.4, 0.5) is 0 Å². The van der Waals surface area contributed by atoms with Crippen LogP contribution in [0.2, 0.25) is 10.0 Å². The summed E-state index contributed by atoms with van der Waals surface area (Å²) in [7, 11) is 0. The number of hydrogen-bond acceptors (Lipinski definition) is 3. The predicted molar refractivity (Wildman–Crippen MR) is 63.3 cm³/mol. The molecule has 1 aromatic rings. The van der Waals surface area contributed by atoms with Crippen molar-refractivity contribution >= 4 is 34.9 Å². The van der Waals surface area contributed by atoms with E-state index in [0.29, 0.717) is 22.4 Å². The van der Waals surface area contributed by atoms with Crippen LogP contribution in [0, 0.1) is 0 Å². The fourth-order valence-corrected chi connectivity index (χ4v) is 1.90. The fourth-order valence-electron chi connectivity index (χ4n) is 1.43. The van der Waals surface area contributed by atoms with E-state index in [1.807, 2.05) is 0 Å². The standard InChI is InChI=1S/C10H9Cl2N3O/c11-7-2-1-6(8(12)3-7)5-15-10(16)4-9(13)14-15/h1-3H,4-5H2,(H2,13,14). The molecule has 0 radical (unpaired) electrons. The zero-order chi connectivity index (χ0) is 11.7. The minimum Gasteiger partial charge on any atom is -0.385 e. The predicted octanol–water partition coefficient (Wildman–Crippen LogP) is 2.00. The maximum absolute atomic E-state index is 11.4. The van der Waals surface area contributed by atoms with Crippen LogP contribution >= 0.6 is 23.2 Å². The maximum Gasteiger partial charge on any atom is 0.250 e. The Bertz CT molecular complexity index is 473. The van der Waals surface area contributed by atoms with Crippen molar-refractivity contribution in [2.75, 3.05) is 0 Å². The van der Waals surface area contributed by atoms with Crippen LogP contribution in [-0.4, -0.2) is 16.8 Å². The van der Waals surface area contributed by atoms with Gasteiger partial charge in [-0.2, -0.15) is 5.10 Å². The zero-order valence-corrected chi connectivity index (χ0v) is 9.79. The molecule has 0 bridgehead atoms. The van der Waals surface area contributed by atoms with Crippen LogP contribution in [0.3, 0.4) is 0 Å². The van der Waals surface area contributed by atoms with Gasteiger partial charge in [-0.1, -0.05) is 29.3 Å². The molecule has 1 amide bonds. The third kappa shape index (κ3) is 2.28. The smallest absolute Gasteiger partial charge is 0.250 e. The van der Waals surface area contributed by atoms with Gasteiger partial charge in [-0.25, -0.2) is 5.01 Å². The molecular formula is C10H9Cl2N3O. The molecule has 1 aliphatic rings. The van der Waals surface area contributed by atoms with Crippen molar-refractivity contribution in [2.45, 2.75) is 13.0 Å². The van der Waals surface area contributed by atoms with E-state index in [4.69, 9.17) is 28.9 Å². The number of rotatable bonds is 2. The summed E-state index contributed by atoms with van der Waals surface area (Å²) in [5.74, 6) is 0.207. The number of hydrazone groups is 1. The Morgan fingerprint density at radius 3 is 2.75 bits per heavy atom. The van der Waals surface area contributed by atoms with E-state index in [1.54, 1.807) is 18.2 Å². The molecule has 0 aromatic heterocycles. The van der Waals surface area contributed by atoms with E-state index in [9.17, 15) is 4.79 Å². The van der Waals surface area contributed by atoms with E-state index in [-0.39, 0.29) is 12.3 Å². The molecule has 2 N–H and O–H groups in total. The Labute approximate surface area is 103 Å². The number of carbonyl (C=O) groups excluding carboxylic acids is 1. The van der Waals surface area contributed by atoms with E-state index < -0.39 is 0 Å². The summed E-state index contributed by atoms with van der Waals surface area (Å²) in [6.07, 6.45) is 0.172. The third-order valence-electron chi connectivity index (χ3n) is 2.20. The number of carbonyl (C=O) groups is 1. The summed E-state index contributed by atoms with van der Waals surface area (Å²) in [6.45, 7) is 0.315. The molecule has 1 aromatic carbocycles. The molecule has 1 aliphatic heterocycles. The number of halogens is 2. The monoisotopic (exact) mass is 257 g/mol. The Morgan fingerprint density at radius 1 is 1.44 bits per heavy atom. The van der Waals surface area contributed by atoms with Gasteiger partial charge in [-0.05, 0) is 17.7 Å². The molecule has 0 saturated carbocycles. The topological polar surface area (TPSA) is 58.7 Å². The molecule has 0 atom stereocenters. The molecule has 0 fully saturated rings. The highest BCUT2D eigenvalue weighted by atomic mass is 35.5. The Morgan fingerprint density at radius 2 is 2.19 bits per heavy atom. The van der Waals surface area contributed by atoms with Crippen molar-refractivity contribution in [1.82, 2.24) is 5.01 Å². The Balaban J connectivity index is 2.18. The number of amidine groups is 1. The largest absolute Gasteiger partial charge is 0.385 e. The lowest BCUT2D eigenvalue weighted by atomic mass is 10.2. The highest BCUT2D eigenvalue weighted by Crippen LogP contribution is 2.23. The first-order valence-electron chi connectivity index (χ1n) is 4.63. The van der Waals surface area contributed by atoms with Gasteiger partial charge in [0.05, 0.1) is 13.0 Å². The zero-order valence-electron chi connectivity index (χ0n) is 8.28. The maximum atomic E-state index is 11.4. The Hall–Kier alpha value is -1.26. The molecule has 1 heterocycles. The first-order valence-corrected chi connectivity index (χ1v) is 5.39. The number of nitrogens with zero attached hydrogens (tertiary/aromatic N) is 2. The Kier molecular flexibility index (Phi) is 3.03. The molecule has 16 heavy (non-hydrogen) atoms. The van der Waals surface area contributed by atoms with Gasteiger partial charge < -0.3 is 5.73 Å². The fraction of sp³-hybridized carbons (Fsp3) is 0.200. The highest BCUT2D eigenvalue weighted by molar-refractivity contribution is 6.35. The molecule has 0 aliphatic carbocycles. The summed E-state index contributed by atoms with van der Waals surface area (Å²) < 4.78 is 0. The highest BCUT2D eigenvalue weighted by Gasteiger charge is 2.22. The van der Waals surface area contributed by atoms with Crippen LogP contribution in [-0.2, 0) is 11.3 Å². The van der Waals surface area contributed by atoms with Gasteiger partial charge in [-0.15, -0.1) is 0 Å². The number of benzene rings is 1. The lowest BCUT2D eigenvalue weighted by Gasteiger charge is -2.12. The second-order valence-corrected chi connectivity index (χ2v) is 4.30. The van der Waals surface area contributed by atoms with Crippen molar-refractivity contribution in [1.29, 1.82) is 0 Å². The molecule has 0 unspecified atom stereocenters. The first kappa shape index (κ1) is 11.2. The van der Waals surface area contributed by atoms with E-state index >= 15 is 0 Å². The second kappa shape index (κ2) is 4.31. The normalized spacial score (nSPS) is 15.5. The van der Waals surface area contributed by atoms with Crippen LogP contribution < -0.4 is 5.73 Å². The molecule has 6 heteroatoms. The summed E-state index contributed by atoms with van der Waals surface area (Å²) in [4.78, 5) is 11.4. The molecular weight excluding hydrogens is 249 g/mol. The molecule has 4 nitrogen and oxygen atoms in total. The SMILES string of the molecule is NC1=NN(Cc2ccc(Cl)cc2Cl)C(=O)C1. The van der Waals surface area contributed by atoms with Crippen molar-refractivity contribution < 1.29 is 4.79 Å². The third-order valence-corrected chi connectivity index (χ3v) is 2.79. The van der Waals surface area contributed by atoms with Gasteiger partial charge in [0.25, 0.3) is 5.91 Å². The van der Waals surface area contributed by atoms with E-state index in [2.05, 4.69) is 5.10 Å². The lowest BCUT2D eigenvalue weighted by Crippen LogP contribution is -2.20. The number of nitrogens with two attached hydrogens (primary N) is 1. The molecule has 0 saturated heterocycles. The average Bonchev–Trinajstić information content (AvgIpc) is 2.50. The second-order valence-electron chi connectivity index (χ2n) is 3.46. The van der Waals surface area contributed by atoms with Crippen molar-refractivity contribution in [3.8, 4) is 0 Å². The van der Waals surface area contributed by atoms with Gasteiger partial charge in [0.1, 0.15) is 5.84 Å². The van der Waals surface area contributed by atoms with Crippen molar-refractivity contribution in [3.63, 3.8) is 0 Å². The lowest BCUT2D eigenvalue weighted by molar-refractivity contribution is -0.129. The molecule has 2 rings (SSSR count). The van der Waals surface area contributed by atoms with Crippen LogP contribution in [0.5, 0.6) is 0 Å². The van der Waals surface area contributed by atoms with Gasteiger partial charge in [0, 0.05) is 10.0 Å². The number of amides is 1.